The molecule has 0 unspecified atom stereocenters. The van der Waals surface area contributed by atoms with Crippen LogP contribution >= 0.6 is 15.9 Å². The van der Waals surface area contributed by atoms with Gasteiger partial charge in [0.15, 0.2) is 0 Å². The van der Waals surface area contributed by atoms with Gasteiger partial charge in [-0.1, -0.05) is 0 Å². The van der Waals surface area contributed by atoms with Gasteiger partial charge in [-0.3, -0.25) is 14.9 Å². The van der Waals surface area contributed by atoms with Crippen LogP contribution in [0.3, 0.4) is 0 Å². The Hall–Kier alpha value is -1.70. The predicted molar refractivity (Wildman–Crippen MR) is 75.5 cm³/mol. The number of aliphatic carboxylic acids is 1. The first-order valence-electron chi connectivity index (χ1n) is 5.86. The standard InChI is InChI=1S/C12H14BrFN2O4/c1-7(2)15(4-3-12(17)18)10-6-9(14)8(13)5-11(10)16(19)20/h5-7H,3-4H2,1-2H3,(H,17,18). The maximum atomic E-state index is 13.6. The van der Waals surface area contributed by atoms with Crippen LogP contribution in [0.2, 0.25) is 0 Å². The van der Waals surface area contributed by atoms with Gasteiger partial charge in [0, 0.05) is 24.7 Å². The van der Waals surface area contributed by atoms with Gasteiger partial charge in [0.2, 0.25) is 0 Å². The van der Waals surface area contributed by atoms with Crippen LogP contribution < -0.4 is 4.90 Å². The molecular weight excluding hydrogens is 335 g/mol. The van der Waals surface area contributed by atoms with Crippen molar-refractivity contribution in [2.45, 2.75) is 26.3 Å². The summed E-state index contributed by atoms with van der Waals surface area (Å²) in [7, 11) is 0. The van der Waals surface area contributed by atoms with Crippen LogP contribution in [-0.4, -0.2) is 28.6 Å². The summed E-state index contributed by atoms with van der Waals surface area (Å²) in [6.07, 6.45) is -0.187. The molecule has 20 heavy (non-hydrogen) atoms. The molecule has 1 aromatic carbocycles. The molecule has 110 valence electrons. The van der Waals surface area contributed by atoms with E-state index in [1.807, 2.05) is 0 Å². The molecule has 0 aromatic heterocycles. The highest BCUT2D eigenvalue weighted by molar-refractivity contribution is 9.10. The number of halogens is 2. The number of nitrogens with zero attached hydrogens (tertiary/aromatic N) is 2. The van der Waals surface area contributed by atoms with Crippen molar-refractivity contribution >= 4 is 33.3 Å². The monoisotopic (exact) mass is 348 g/mol. The number of carboxylic acid groups (broad SMARTS) is 1. The molecule has 0 radical (unpaired) electrons. The molecule has 0 aliphatic heterocycles. The summed E-state index contributed by atoms with van der Waals surface area (Å²) < 4.78 is 13.6. The summed E-state index contributed by atoms with van der Waals surface area (Å²) in [6.45, 7) is 3.58. The smallest absolute Gasteiger partial charge is 0.305 e. The molecule has 0 atom stereocenters. The second kappa shape index (κ2) is 6.65. The van der Waals surface area contributed by atoms with Gasteiger partial charge < -0.3 is 10.0 Å². The molecule has 1 rings (SSSR count). The predicted octanol–water partition coefficient (Wildman–Crippen LogP) is 3.19. The summed E-state index contributed by atoms with van der Waals surface area (Å²) in [4.78, 5) is 22.6. The number of carbonyl (C=O) groups is 1. The van der Waals surface area contributed by atoms with Gasteiger partial charge in [0.1, 0.15) is 11.5 Å². The third-order valence-corrected chi connectivity index (χ3v) is 3.32. The lowest BCUT2D eigenvalue weighted by atomic mass is 10.2. The third-order valence-electron chi connectivity index (χ3n) is 2.71. The number of hydrogen-bond acceptors (Lipinski definition) is 4. The van der Waals surface area contributed by atoms with Crippen LogP contribution in [0.1, 0.15) is 20.3 Å². The number of benzene rings is 1. The van der Waals surface area contributed by atoms with E-state index in [1.54, 1.807) is 13.8 Å². The molecule has 0 fully saturated rings. The van der Waals surface area contributed by atoms with Crippen LogP contribution in [0.4, 0.5) is 15.8 Å². The van der Waals surface area contributed by atoms with Crippen LogP contribution in [0, 0.1) is 15.9 Å². The van der Waals surface area contributed by atoms with E-state index < -0.39 is 16.7 Å². The topological polar surface area (TPSA) is 83.7 Å². The Kier molecular flexibility index (Phi) is 5.43. The van der Waals surface area contributed by atoms with Gasteiger partial charge in [0.25, 0.3) is 5.69 Å². The zero-order valence-electron chi connectivity index (χ0n) is 11.0. The second-order valence-electron chi connectivity index (χ2n) is 4.44. The molecule has 1 N–H and O–H groups in total. The van der Waals surface area contributed by atoms with Crippen molar-refractivity contribution in [3.63, 3.8) is 0 Å². The van der Waals surface area contributed by atoms with Gasteiger partial charge in [0.05, 0.1) is 15.8 Å². The SMILES string of the molecule is CC(C)N(CCC(=O)O)c1cc(F)c(Br)cc1[N+](=O)[O-]. The zero-order valence-corrected chi connectivity index (χ0v) is 12.6. The minimum absolute atomic E-state index is 0.00473. The van der Waals surface area contributed by atoms with E-state index in [9.17, 15) is 19.3 Å². The lowest BCUT2D eigenvalue weighted by molar-refractivity contribution is -0.384. The van der Waals surface area contributed by atoms with Gasteiger partial charge >= 0.3 is 5.97 Å². The number of carboxylic acids is 1. The molecule has 0 heterocycles. The van der Waals surface area contributed by atoms with Gasteiger partial charge in [-0.05, 0) is 29.8 Å². The van der Waals surface area contributed by atoms with E-state index >= 15 is 0 Å². The number of nitro benzene ring substituents is 1. The quantitative estimate of drug-likeness (QED) is 0.630. The molecule has 0 saturated carbocycles. The van der Waals surface area contributed by atoms with Crippen molar-refractivity contribution in [1.29, 1.82) is 0 Å². The van der Waals surface area contributed by atoms with E-state index in [2.05, 4.69) is 15.9 Å². The zero-order chi connectivity index (χ0) is 15.4. The molecule has 8 heteroatoms. The molecular formula is C12H14BrFN2O4. The largest absolute Gasteiger partial charge is 0.481 e. The first kappa shape index (κ1) is 16.4. The van der Waals surface area contributed by atoms with E-state index in [1.165, 1.54) is 4.90 Å². The Morgan fingerprint density at radius 3 is 2.60 bits per heavy atom. The summed E-state index contributed by atoms with van der Waals surface area (Å²) in [5.74, 6) is -1.65. The molecule has 1 aromatic rings. The summed E-state index contributed by atoms with van der Waals surface area (Å²) in [6, 6.07) is 1.93. The number of rotatable bonds is 6. The number of hydrogen-bond donors (Lipinski definition) is 1. The lowest BCUT2D eigenvalue weighted by Crippen LogP contribution is -2.33. The second-order valence-corrected chi connectivity index (χ2v) is 5.30. The van der Waals surface area contributed by atoms with Gasteiger partial charge in [-0.15, -0.1) is 0 Å². The molecule has 0 aliphatic carbocycles. The first-order valence-corrected chi connectivity index (χ1v) is 6.65. The van der Waals surface area contributed by atoms with Crippen molar-refractivity contribution in [2.24, 2.45) is 0 Å². The Labute approximate surface area is 123 Å². The first-order chi connectivity index (χ1) is 9.23. The summed E-state index contributed by atoms with van der Waals surface area (Å²) in [5.41, 5.74) is -0.190. The maximum absolute atomic E-state index is 13.6. The molecule has 0 bridgehead atoms. The Balaban J connectivity index is 3.27. The van der Waals surface area contributed by atoms with Crippen molar-refractivity contribution in [1.82, 2.24) is 0 Å². The molecule has 6 nitrogen and oxygen atoms in total. The van der Waals surface area contributed by atoms with E-state index in [0.29, 0.717) is 0 Å². The van der Waals surface area contributed by atoms with Crippen LogP contribution in [0.15, 0.2) is 16.6 Å². The average Bonchev–Trinajstić information content (AvgIpc) is 2.32. The normalized spacial score (nSPS) is 10.7. The fourth-order valence-corrected chi connectivity index (χ4v) is 2.11. The fraction of sp³-hybridized carbons (Fsp3) is 0.417. The average molecular weight is 349 g/mol. The highest BCUT2D eigenvalue weighted by Crippen LogP contribution is 2.34. The lowest BCUT2D eigenvalue weighted by Gasteiger charge is -2.28. The van der Waals surface area contributed by atoms with Crippen LogP contribution in [-0.2, 0) is 4.79 Å². The Morgan fingerprint density at radius 1 is 1.55 bits per heavy atom. The highest BCUT2D eigenvalue weighted by atomic mass is 79.9. The van der Waals surface area contributed by atoms with Gasteiger partial charge in [-0.25, -0.2) is 4.39 Å². The third kappa shape index (κ3) is 3.89. The van der Waals surface area contributed by atoms with E-state index in [-0.39, 0.29) is 34.9 Å². The van der Waals surface area contributed by atoms with Crippen molar-refractivity contribution in [2.75, 3.05) is 11.4 Å². The Morgan fingerprint density at radius 2 is 2.15 bits per heavy atom. The number of anilines is 1. The summed E-state index contributed by atoms with van der Waals surface area (Å²) >= 11 is 2.90. The van der Waals surface area contributed by atoms with E-state index in [4.69, 9.17) is 5.11 Å². The van der Waals surface area contributed by atoms with Crippen molar-refractivity contribution in [3.8, 4) is 0 Å². The minimum atomic E-state index is -1.02. The van der Waals surface area contributed by atoms with Crippen LogP contribution in [0.5, 0.6) is 0 Å². The van der Waals surface area contributed by atoms with Crippen LogP contribution in [0.25, 0.3) is 0 Å². The summed E-state index contributed by atoms with van der Waals surface area (Å²) in [5, 5.41) is 19.8. The highest BCUT2D eigenvalue weighted by Gasteiger charge is 2.24. The minimum Gasteiger partial charge on any atom is -0.481 e. The molecule has 0 saturated heterocycles. The van der Waals surface area contributed by atoms with Crippen molar-refractivity contribution in [3.05, 3.63) is 32.5 Å². The molecule has 0 aliphatic rings. The number of nitro groups is 1. The Bertz CT molecular complexity index is 536. The van der Waals surface area contributed by atoms with Gasteiger partial charge in [-0.2, -0.15) is 0 Å². The molecule has 0 amide bonds. The van der Waals surface area contributed by atoms with Crippen molar-refractivity contribution < 1.29 is 19.2 Å². The van der Waals surface area contributed by atoms with E-state index in [0.717, 1.165) is 12.1 Å². The maximum Gasteiger partial charge on any atom is 0.305 e. The fourth-order valence-electron chi connectivity index (χ4n) is 1.78. The molecule has 0 spiro atoms.